The van der Waals surface area contributed by atoms with Gasteiger partial charge in [0.05, 0.1) is 11.9 Å². The first-order valence-electron chi connectivity index (χ1n) is 9.68. The second-order valence-corrected chi connectivity index (χ2v) is 8.26. The van der Waals surface area contributed by atoms with E-state index in [1.54, 1.807) is 11.3 Å². The summed E-state index contributed by atoms with van der Waals surface area (Å²) in [6.45, 7) is 4.77. The van der Waals surface area contributed by atoms with Gasteiger partial charge in [-0.25, -0.2) is 9.78 Å². The van der Waals surface area contributed by atoms with Crippen LogP contribution in [0, 0.1) is 6.92 Å². The molecule has 0 fully saturated rings. The molecule has 0 amide bonds. The lowest BCUT2D eigenvalue weighted by molar-refractivity contribution is 0.720. The van der Waals surface area contributed by atoms with Crippen LogP contribution >= 0.6 is 11.3 Å². The highest BCUT2D eigenvalue weighted by Gasteiger charge is 2.21. The van der Waals surface area contributed by atoms with Gasteiger partial charge in [0.15, 0.2) is 11.5 Å². The summed E-state index contributed by atoms with van der Waals surface area (Å²) >= 11 is 1.67. The molecule has 3 aromatic heterocycles. The highest BCUT2D eigenvalue weighted by Crippen LogP contribution is 2.33. The van der Waals surface area contributed by atoms with E-state index < -0.39 is 0 Å². The van der Waals surface area contributed by atoms with Crippen molar-refractivity contribution in [2.24, 2.45) is 0 Å². The molecule has 5 aromatic rings. The third kappa shape index (κ3) is 2.87. The van der Waals surface area contributed by atoms with Gasteiger partial charge in [-0.05, 0) is 24.5 Å². The van der Waals surface area contributed by atoms with Crippen LogP contribution < -0.4 is 5.69 Å². The van der Waals surface area contributed by atoms with Crippen molar-refractivity contribution in [1.82, 2.24) is 19.2 Å². The maximum Gasteiger partial charge on any atom is 0.352 e. The highest BCUT2D eigenvalue weighted by molar-refractivity contribution is 7.19. The van der Waals surface area contributed by atoms with E-state index in [4.69, 9.17) is 4.98 Å². The zero-order valence-corrected chi connectivity index (χ0v) is 17.1. The fraction of sp³-hybridized carbons (Fsp3) is 0.174. The molecule has 0 spiro atoms. The van der Waals surface area contributed by atoms with Crippen molar-refractivity contribution >= 4 is 27.2 Å². The number of benzene rings is 2. The number of hydrogen-bond acceptors (Lipinski definition) is 4. The van der Waals surface area contributed by atoms with Crippen LogP contribution in [-0.2, 0) is 13.0 Å². The van der Waals surface area contributed by atoms with E-state index in [2.05, 4.69) is 18.9 Å². The molecule has 0 aliphatic carbocycles. The Hall–Kier alpha value is -3.25. The topological polar surface area (TPSA) is 52.2 Å². The lowest BCUT2D eigenvalue weighted by Crippen LogP contribution is -2.28. The van der Waals surface area contributed by atoms with E-state index in [0.717, 1.165) is 27.8 Å². The minimum atomic E-state index is -0.157. The standard InChI is InChI=1S/C23H20N4OS/c1-3-18-15(2)29-22-19(18)21-24-20(17-12-8-5-9-13-17)25-27(21)23(28)26(22)14-16-10-6-4-7-11-16/h4-13H,3,14H2,1-2H3. The third-order valence-electron chi connectivity index (χ3n) is 5.25. The summed E-state index contributed by atoms with van der Waals surface area (Å²) in [6.07, 6.45) is 0.887. The van der Waals surface area contributed by atoms with Crippen LogP contribution in [0.1, 0.15) is 22.9 Å². The van der Waals surface area contributed by atoms with Gasteiger partial charge in [0.1, 0.15) is 4.83 Å². The number of thiophene rings is 1. The quantitative estimate of drug-likeness (QED) is 0.440. The summed E-state index contributed by atoms with van der Waals surface area (Å²) in [6, 6.07) is 19.9. The number of fused-ring (bicyclic) bond motifs is 3. The first-order chi connectivity index (χ1) is 14.2. The lowest BCUT2D eigenvalue weighted by atomic mass is 10.1. The molecular weight excluding hydrogens is 380 g/mol. The SMILES string of the molecule is CCc1c(C)sc2c1c1nc(-c3ccccc3)nn1c(=O)n2Cc1ccccc1. The van der Waals surface area contributed by atoms with Crippen molar-refractivity contribution in [3.63, 3.8) is 0 Å². The van der Waals surface area contributed by atoms with Crippen molar-refractivity contribution in [2.75, 3.05) is 0 Å². The number of aromatic nitrogens is 4. The first kappa shape index (κ1) is 17.8. The smallest absolute Gasteiger partial charge is 0.278 e. The first-order valence-corrected chi connectivity index (χ1v) is 10.5. The number of nitrogens with zero attached hydrogens (tertiary/aromatic N) is 4. The molecule has 0 aliphatic heterocycles. The minimum absolute atomic E-state index is 0.157. The predicted molar refractivity (Wildman–Crippen MR) is 118 cm³/mol. The van der Waals surface area contributed by atoms with Crippen molar-refractivity contribution in [3.8, 4) is 11.4 Å². The summed E-state index contributed by atoms with van der Waals surface area (Å²) in [5.74, 6) is 0.576. The number of rotatable bonds is 4. The zero-order chi connectivity index (χ0) is 20.0. The average molecular weight is 401 g/mol. The molecule has 0 saturated heterocycles. The van der Waals surface area contributed by atoms with Gasteiger partial charge in [-0.15, -0.1) is 16.4 Å². The molecule has 0 bridgehead atoms. The predicted octanol–water partition coefficient (Wildman–Crippen LogP) is 4.69. The third-order valence-corrected chi connectivity index (χ3v) is 6.42. The van der Waals surface area contributed by atoms with Crippen LogP contribution in [0.5, 0.6) is 0 Å². The summed E-state index contributed by atoms with van der Waals surface area (Å²) < 4.78 is 3.30. The molecule has 5 rings (SSSR count). The van der Waals surface area contributed by atoms with Crippen molar-refractivity contribution in [1.29, 1.82) is 0 Å². The molecule has 6 heteroatoms. The van der Waals surface area contributed by atoms with Gasteiger partial charge in [0.25, 0.3) is 0 Å². The van der Waals surface area contributed by atoms with Gasteiger partial charge < -0.3 is 0 Å². The van der Waals surface area contributed by atoms with Crippen LogP contribution in [0.25, 0.3) is 27.3 Å². The van der Waals surface area contributed by atoms with E-state index >= 15 is 0 Å². The maximum absolute atomic E-state index is 13.4. The summed E-state index contributed by atoms with van der Waals surface area (Å²) in [7, 11) is 0. The lowest BCUT2D eigenvalue weighted by Gasteiger charge is -2.09. The molecule has 0 unspecified atom stereocenters. The Morgan fingerprint density at radius 1 is 1.00 bits per heavy atom. The second kappa shape index (κ2) is 6.97. The molecule has 0 aliphatic rings. The zero-order valence-electron chi connectivity index (χ0n) is 16.3. The summed E-state index contributed by atoms with van der Waals surface area (Å²) in [4.78, 5) is 20.4. The van der Waals surface area contributed by atoms with Gasteiger partial charge >= 0.3 is 5.69 Å². The molecule has 0 saturated carbocycles. The minimum Gasteiger partial charge on any atom is -0.278 e. The Morgan fingerprint density at radius 3 is 2.38 bits per heavy atom. The number of hydrogen-bond donors (Lipinski definition) is 0. The Kier molecular flexibility index (Phi) is 4.28. The molecule has 29 heavy (non-hydrogen) atoms. The Morgan fingerprint density at radius 2 is 1.69 bits per heavy atom. The van der Waals surface area contributed by atoms with E-state index in [9.17, 15) is 4.79 Å². The monoisotopic (exact) mass is 400 g/mol. The number of aryl methyl sites for hydroxylation is 2. The molecule has 0 radical (unpaired) electrons. The average Bonchev–Trinajstić information content (AvgIpc) is 3.33. The van der Waals surface area contributed by atoms with Gasteiger partial charge in [-0.2, -0.15) is 4.52 Å². The normalized spacial score (nSPS) is 11.5. The fourth-order valence-electron chi connectivity index (χ4n) is 3.83. The van der Waals surface area contributed by atoms with E-state index in [0.29, 0.717) is 18.0 Å². The molecule has 2 aromatic carbocycles. The van der Waals surface area contributed by atoms with E-state index in [1.165, 1.54) is 15.0 Å². The van der Waals surface area contributed by atoms with Crippen LogP contribution in [-0.4, -0.2) is 19.2 Å². The summed E-state index contributed by atoms with van der Waals surface area (Å²) in [5, 5.41) is 5.64. The van der Waals surface area contributed by atoms with Crippen molar-refractivity contribution < 1.29 is 0 Å². The van der Waals surface area contributed by atoms with Gasteiger partial charge in [0.2, 0.25) is 0 Å². The van der Waals surface area contributed by atoms with E-state index in [1.807, 2.05) is 65.2 Å². The van der Waals surface area contributed by atoms with E-state index in [-0.39, 0.29) is 5.69 Å². The molecule has 0 atom stereocenters. The van der Waals surface area contributed by atoms with Gasteiger partial charge in [0, 0.05) is 10.4 Å². The molecule has 5 nitrogen and oxygen atoms in total. The highest BCUT2D eigenvalue weighted by atomic mass is 32.1. The fourth-order valence-corrected chi connectivity index (χ4v) is 5.06. The van der Waals surface area contributed by atoms with Crippen LogP contribution in [0.4, 0.5) is 0 Å². The molecular formula is C23H20N4OS. The maximum atomic E-state index is 13.4. The largest absolute Gasteiger partial charge is 0.352 e. The summed E-state index contributed by atoms with van der Waals surface area (Å²) in [5.41, 5.74) is 3.72. The van der Waals surface area contributed by atoms with Crippen molar-refractivity contribution in [3.05, 3.63) is 87.2 Å². The van der Waals surface area contributed by atoms with Crippen molar-refractivity contribution in [2.45, 2.75) is 26.8 Å². The van der Waals surface area contributed by atoms with Gasteiger partial charge in [-0.3, -0.25) is 4.57 Å². The van der Waals surface area contributed by atoms with Gasteiger partial charge in [-0.1, -0.05) is 67.6 Å². The second-order valence-electron chi connectivity index (χ2n) is 7.06. The van der Waals surface area contributed by atoms with Crippen LogP contribution in [0.15, 0.2) is 65.5 Å². The molecule has 3 heterocycles. The molecule has 0 N–H and O–H groups in total. The van der Waals surface area contributed by atoms with Crippen LogP contribution in [0.3, 0.4) is 0 Å². The molecule has 144 valence electrons. The Bertz CT molecular complexity index is 1380. The Balaban J connectivity index is 1.85. The van der Waals surface area contributed by atoms with Crippen LogP contribution in [0.2, 0.25) is 0 Å². The Labute approximate surface area is 171 Å².